The second-order valence-electron chi connectivity index (χ2n) is 5.29. The lowest BCUT2D eigenvalue weighted by molar-refractivity contribution is 0.427. The Balaban J connectivity index is 1.59. The fourth-order valence-corrected chi connectivity index (χ4v) is 3.34. The molecule has 2 heterocycles. The molecule has 0 N–H and O–H groups in total. The molecule has 2 fully saturated rings. The zero-order valence-corrected chi connectivity index (χ0v) is 12.0. The van der Waals surface area contributed by atoms with Gasteiger partial charge in [-0.2, -0.15) is 0 Å². The van der Waals surface area contributed by atoms with Crippen molar-refractivity contribution in [2.75, 3.05) is 31.1 Å². The van der Waals surface area contributed by atoms with Crippen LogP contribution in [-0.4, -0.2) is 40.7 Å². The van der Waals surface area contributed by atoms with Crippen LogP contribution in [0.4, 0.5) is 5.82 Å². The molecule has 4 heteroatoms. The van der Waals surface area contributed by atoms with E-state index in [4.69, 9.17) is 4.98 Å². The van der Waals surface area contributed by atoms with Crippen LogP contribution in [0.3, 0.4) is 0 Å². The van der Waals surface area contributed by atoms with Crippen molar-refractivity contribution in [3.63, 3.8) is 0 Å². The Kier molecular flexibility index (Phi) is 3.48. The topological polar surface area (TPSA) is 19.4 Å². The maximum Gasteiger partial charge on any atom is 0.128 e. The fraction of sp³-hybridized carbons (Fsp3) is 0.643. The molecule has 18 heavy (non-hydrogen) atoms. The average molecular weight is 263 g/mol. The van der Waals surface area contributed by atoms with Crippen molar-refractivity contribution in [2.45, 2.75) is 31.9 Å². The summed E-state index contributed by atoms with van der Waals surface area (Å²) >= 11 is 2.08. The first-order valence-electron chi connectivity index (χ1n) is 6.83. The van der Waals surface area contributed by atoms with E-state index < -0.39 is 0 Å². The minimum atomic E-state index is 0.927. The predicted molar refractivity (Wildman–Crippen MR) is 78.1 cm³/mol. The van der Waals surface area contributed by atoms with E-state index in [1.165, 1.54) is 18.4 Å². The zero-order valence-electron chi connectivity index (χ0n) is 11.2. The highest BCUT2D eigenvalue weighted by Gasteiger charge is 2.27. The molecular weight excluding hydrogens is 242 g/mol. The van der Waals surface area contributed by atoms with Gasteiger partial charge in [0.25, 0.3) is 0 Å². The molecule has 3 rings (SSSR count). The van der Waals surface area contributed by atoms with Crippen LogP contribution in [0.15, 0.2) is 12.1 Å². The minimum absolute atomic E-state index is 0.927. The molecular formula is C14H21N3S. The molecule has 1 aromatic heterocycles. The maximum absolute atomic E-state index is 4.70. The maximum atomic E-state index is 4.70. The first-order valence-corrected chi connectivity index (χ1v) is 7.67. The second kappa shape index (κ2) is 5.10. The largest absolute Gasteiger partial charge is 0.354 e. The summed E-state index contributed by atoms with van der Waals surface area (Å²) < 4.78 is 2.54. The second-order valence-corrected chi connectivity index (χ2v) is 6.69. The fourth-order valence-electron chi connectivity index (χ4n) is 2.20. The van der Waals surface area contributed by atoms with Crippen molar-refractivity contribution in [3.05, 3.63) is 23.4 Å². The third kappa shape index (κ3) is 2.81. The van der Waals surface area contributed by atoms with Gasteiger partial charge in [-0.25, -0.2) is 9.29 Å². The van der Waals surface area contributed by atoms with E-state index in [-0.39, 0.29) is 0 Å². The van der Waals surface area contributed by atoms with Gasteiger partial charge in [0.05, 0.1) is 0 Å². The minimum Gasteiger partial charge on any atom is -0.354 e. The Bertz CT molecular complexity index is 423. The summed E-state index contributed by atoms with van der Waals surface area (Å²) in [6, 6.07) is 4.34. The Morgan fingerprint density at radius 1 is 1.11 bits per heavy atom. The van der Waals surface area contributed by atoms with Crippen molar-refractivity contribution in [1.82, 2.24) is 9.29 Å². The standard InChI is InChI=1S/C14H21N3S/c1-11-3-6-14(15-12(11)2)16-7-9-17(10-8-16)18-13-4-5-13/h3,6,13H,4-5,7-10H2,1-2H3. The van der Waals surface area contributed by atoms with Gasteiger partial charge in [-0.15, -0.1) is 0 Å². The number of aromatic nitrogens is 1. The summed E-state index contributed by atoms with van der Waals surface area (Å²) in [6.45, 7) is 8.75. The number of piperazine rings is 1. The van der Waals surface area contributed by atoms with Crippen LogP contribution in [0, 0.1) is 13.8 Å². The lowest BCUT2D eigenvalue weighted by Gasteiger charge is -2.34. The monoisotopic (exact) mass is 263 g/mol. The molecule has 1 saturated heterocycles. The van der Waals surface area contributed by atoms with Gasteiger partial charge in [0, 0.05) is 37.1 Å². The van der Waals surface area contributed by atoms with E-state index >= 15 is 0 Å². The van der Waals surface area contributed by atoms with Crippen LogP contribution >= 0.6 is 11.9 Å². The number of pyridine rings is 1. The summed E-state index contributed by atoms with van der Waals surface area (Å²) in [5, 5.41) is 0.927. The highest BCUT2D eigenvalue weighted by atomic mass is 32.2. The summed E-state index contributed by atoms with van der Waals surface area (Å²) in [5.74, 6) is 1.15. The van der Waals surface area contributed by atoms with Gasteiger partial charge in [0.1, 0.15) is 5.82 Å². The Morgan fingerprint density at radius 2 is 1.83 bits per heavy atom. The molecule has 98 valence electrons. The van der Waals surface area contributed by atoms with E-state index in [1.54, 1.807) is 0 Å². The van der Waals surface area contributed by atoms with Gasteiger partial charge in [-0.3, -0.25) is 0 Å². The summed E-state index contributed by atoms with van der Waals surface area (Å²) in [4.78, 5) is 7.11. The van der Waals surface area contributed by atoms with Crippen LogP contribution < -0.4 is 4.90 Å². The first-order chi connectivity index (χ1) is 8.72. The number of hydrogen-bond donors (Lipinski definition) is 0. The summed E-state index contributed by atoms with van der Waals surface area (Å²) in [6.07, 6.45) is 2.84. The van der Waals surface area contributed by atoms with Crippen LogP contribution in [0.2, 0.25) is 0 Å². The molecule has 0 spiro atoms. The molecule has 1 aliphatic heterocycles. The van der Waals surface area contributed by atoms with Gasteiger partial charge in [-0.05, 0) is 38.3 Å². The zero-order chi connectivity index (χ0) is 12.5. The quantitative estimate of drug-likeness (QED) is 0.781. The van der Waals surface area contributed by atoms with E-state index in [0.717, 1.165) is 42.9 Å². The highest BCUT2D eigenvalue weighted by molar-refractivity contribution is 7.97. The smallest absolute Gasteiger partial charge is 0.128 e. The van der Waals surface area contributed by atoms with Crippen molar-refractivity contribution in [3.8, 4) is 0 Å². The molecule has 2 aliphatic rings. The molecule has 0 aromatic carbocycles. The molecule has 0 amide bonds. The normalized spacial score (nSPS) is 21.3. The van der Waals surface area contributed by atoms with Gasteiger partial charge < -0.3 is 4.90 Å². The van der Waals surface area contributed by atoms with Gasteiger partial charge in [0.2, 0.25) is 0 Å². The molecule has 1 aliphatic carbocycles. The first kappa shape index (κ1) is 12.3. The summed E-state index contributed by atoms with van der Waals surface area (Å²) in [5.41, 5.74) is 2.43. The SMILES string of the molecule is Cc1ccc(N2CCN(SC3CC3)CC2)nc1C. The third-order valence-electron chi connectivity index (χ3n) is 3.72. The molecule has 1 saturated carbocycles. The molecule has 0 bridgehead atoms. The lowest BCUT2D eigenvalue weighted by Crippen LogP contribution is -2.44. The average Bonchev–Trinajstić information content (AvgIpc) is 3.18. The van der Waals surface area contributed by atoms with Crippen molar-refractivity contribution in [1.29, 1.82) is 0 Å². The molecule has 0 radical (unpaired) electrons. The predicted octanol–water partition coefficient (Wildman–Crippen LogP) is 2.63. The molecule has 0 unspecified atom stereocenters. The number of aryl methyl sites for hydroxylation is 2. The van der Waals surface area contributed by atoms with Crippen molar-refractivity contribution in [2.24, 2.45) is 0 Å². The van der Waals surface area contributed by atoms with E-state index in [0.29, 0.717) is 0 Å². The van der Waals surface area contributed by atoms with Crippen LogP contribution in [0.25, 0.3) is 0 Å². The molecule has 1 aromatic rings. The van der Waals surface area contributed by atoms with E-state index in [2.05, 4.69) is 47.1 Å². The number of hydrogen-bond acceptors (Lipinski definition) is 4. The van der Waals surface area contributed by atoms with Crippen molar-refractivity contribution < 1.29 is 0 Å². The van der Waals surface area contributed by atoms with Crippen molar-refractivity contribution >= 4 is 17.8 Å². The van der Waals surface area contributed by atoms with E-state index in [9.17, 15) is 0 Å². The van der Waals surface area contributed by atoms with Gasteiger partial charge in [0.15, 0.2) is 0 Å². The number of nitrogens with zero attached hydrogens (tertiary/aromatic N) is 3. The molecule has 0 atom stereocenters. The van der Waals surface area contributed by atoms with Crippen LogP contribution in [-0.2, 0) is 0 Å². The Morgan fingerprint density at radius 3 is 2.44 bits per heavy atom. The Labute approximate surface area is 114 Å². The van der Waals surface area contributed by atoms with Crippen LogP contribution in [0.1, 0.15) is 24.1 Å². The third-order valence-corrected chi connectivity index (χ3v) is 5.15. The van der Waals surface area contributed by atoms with Crippen LogP contribution in [0.5, 0.6) is 0 Å². The number of anilines is 1. The highest BCUT2D eigenvalue weighted by Crippen LogP contribution is 2.36. The summed E-state index contributed by atoms with van der Waals surface area (Å²) in [7, 11) is 0. The van der Waals surface area contributed by atoms with Gasteiger partial charge >= 0.3 is 0 Å². The van der Waals surface area contributed by atoms with Gasteiger partial charge in [-0.1, -0.05) is 18.0 Å². The molecule has 3 nitrogen and oxygen atoms in total. The number of rotatable bonds is 3. The lowest BCUT2D eigenvalue weighted by atomic mass is 10.2. The van der Waals surface area contributed by atoms with E-state index in [1.807, 2.05) is 0 Å². The Hall–Kier alpha value is -0.740.